The van der Waals surface area contributed by atoms with Crippen LogP contribution in [0.3, 0.4) is 0 Å². The third-order valence-electron chi connectivity index (χ3n) is 6.17. The summed E-state index contributed by atoms with van der Waals surface area (Å²) in [5.41, 5.74) is 9.23. The van der Waals surface area contributed by atoms with Gasteiger partial charge in [-0.05, 0) is 66.4 Å². The van der Waals surface area contributed by atoms with Gasteiger partial charge in [0, 0.05) is 21.5 Å². The molecule has 2 heteroatoms. The van der Waals surface area contributed by atoms with Crippen LogP contribution in [-0.4, -0.2) is 4.40 Å². The number of nitrogens with zero attached hydrogens (tertiary/aromatic N) is 2. The molecule has 2 heterocycles. The molecule has 6 aromatic rings. The monoisotopic (exact) mass is 370 g/mol. The summed E-state index contributed by atoms with van der Waals surface area (Å²) in [7, 11) is 0. The predicted molar refractivity (Wildman–Crippen MR) is 121 cm³/mol. The first-order valence-electron chi connectivity index (χ1n) is 9.86. The third kappa shape index (κ3) is 2.05. The molecule has 136 valence electrons. The number of fused-ring (bicyclic) bond motifs is 6. The van der Waals surface area contributed by atoms with Gasteiger partial charge >= 0.3 is 0 Å². The third-order valence-corrected chi connectivity index (χ3v) is 6.17. The number of para-hydroxylation sites is 2. The summed E-state index contributed by atoms with van der Waals surface area (Å²) in [6.07, 6.45) is 0. The Bertz CT molecular complexity index is 1600. The predicted octanol–water partition coefficient (Wildman–Crippen LogP) is 6.99. The van der Waals surface area contributed by atoms with Crippen LogP contribution in [0.15, 0.2) is 72.8 Å². The van der Waals surface area contributed by atoms with Crippen molar-refractivity contribution in [1.82, 2.24) is 4.40 Å². The molecule has 0 aliphatic rings. The molecule has 0 N–H and O–H groups in total. The number of nitriles is 1. The summed E-state index contributed by atoms with van der Waals surface area (Å²) >= 11 is 0. The average molecular weight is 370 g/mol. The molecule has 29 heavy (non-hydrogen) atoms. The van der Waals surface area contributed by atoms with Crippen LogP contribution in [0, 0.1) is 25.2 Å². The SMILES string of the molecule is Cc1cc(C#N)cc(C)c1-c1ccc2c(c1)c1cccc3c4ccccc4n2c31. The Balaban J connectivity index is 1.74. The first-order valence-corrected chi connectivity index (χ1v) is 9.86. The highest BCUT2D eigenvalue weighted by atomic mass is 14.9. The number of rotatable bonds is 1. The van der Waals surface area contributed by atoms with Crippen molar-refractivity contribution in [2.24, 2.45) is 0 Å². The first-order chi connectivity index (χ1) is 14.2. The van der Waals surface area contributed by atoms with Crippen LogP contribution in [0.5, 0.6) is 0 Å². The van der Waals surface area contributed by atoms with Gasteiger partial charge in [-0.15, -0.1) is 0 Å². The second-order valence-corrected chi connectivity index (χ2v) is 7.88. The smallest absolute Gasteiger partial charge is 0.0991 e. The van der Waals surface area contributed by atoms with Crippen molar-refractivity contribution in [2.75, 3.05) is 0 Å². The molecule has 0 radical (unpaired) electrons. The van der Waals surface area contributed by atoms with E-state index in [1.54, 1.807) is 0 Å². The molecule has 0 saturated carbocycles. The van der Waals surface area contributed by atoms with Crippen molar-refractivity contribution < 1.29 is 0 Å². The minimum Gasteiger partial charge on any atom is -0.308 e. The fraction of sp³-hybridized carbons (Fsp3) is 0.0741. The van der Waals surface area contributed by atoms with Crippen LogP contribution in [0.2, 0.25) is 0 Å². The van der Waals surface area contributed by atoms with E-state index in [1.165, 1.54) is 49.2 Å². The maximum Gasteiger partial charge on any atom is 0.0991 e. The fourth-order valence-corrected chi connectivity index (χ4v) is 5.07. The van der Waals surface area contributed by atoms with Crippen molar-refractivity contribution in [3.63, 3.8) is 0 Å². The molecule has 0 bridgehead atoms. The molecule has 4 aromatic carbocycles. The van der Waals surface area contributed by atoms with Gasteiger partial charge in [0.2, 0.25) is 0 Å². The van der Waals surface area contributed by atoms with E-state index in [2.05, 4.69) is 85.0 Å². The van der Waals surface area contributed by atoms with Crippen LogP contribution in [0.25, 0.3) is 49.2 Å². The summed E-state index contributed by atoms with van der Waals surface area (Å²) in [6, 6.07) is 28.2. The maximum atomic E-state index is 9.27. The lowest BCUT2D eigenvalue weighted by Crippen LogP contribution is -1.91. The highest BCUT2D eigenvalue weighted by Gasteiger charge is 2.17. The quantitative estimate of drug-likeness (QED) is 0.306. The highest BCUT2D eigenvalue weighted by Crippen LogP contribution is 2.40. The van der Waals surface area contributed by atoms with E-state index >= 15 is 0 Å². The standard InChI is InChI=1S/C27H18N2/c1-16-12-18(15-28)13-17(2)26(16)19-10-11-25-23(14-19)22-8-5-7-21-20-6-3-4-9-24(20)29(25)27(21)22/h3-14H,1-2H3. The number of hydrogen-bond donors (Lipinski definition) is 0. The number of hydrogen-bond acceptors (Lipinski definition) is 1. The molecule has 2 aromatic heterocycles. The molecule has 0 saturated heterocycles. The average Bonchev–Trinajstić information content (AvgIpc) is 3.25. The molecule has 0 unspecified atom stereocenters. The Morgan fingerprint density at radius 2 is 1.34 bits per heavy atom. The highest BCUT2D eigenvalue weighted by molar-refractivity contribution is 6.23. The summed E-state index contributed by atoms with van der Waals surface area (Å²) in [5, 5.41) is 14.4. The Kier molecular flexibility index (Phi) is 3.12. The van der Waals surface area contributed by atoms with Gasteiger partial charge in [-0.2, -0.15) is 5.26 Å². The van der Waals surface area contributed by atoms with Gasteiger partial charge in [0.05, 0.1) is 28.2 Å². The molecule has 0 aliphatic heterocycles. The fourth-order valence-electron chi connectivity index (χ4n) is 5.07. The lowest BCUT2D eigenvalue weighted by molar-refractivity contribution is 1.35. The van der Waals surface area contributed by atoms with Crippen LogP contribution in [0.4, 0.5) is 0 Å². The van der Waals surface area contributed by atoms with Gasteiger partial charge < -0.3 is 4.40 Å². The Labute approximate surface area is 168 Å². The van der Waals surface area contributed by atoms with E-state index in [1.807, 2.05) is 12.1 Å². The molecule has 0 atom stereocenters. The van der Waals surface area contributed by atoms with Crippen LogP contribution in [0.1, 0.15) is 16.7 Å². The van der Waals surface area contributed by atoms with Crippen molar-refractivity contribution >= 4 is 38.1 Å². The van der Waals surface area contributed by atoms with Gasteiger partial charge in [0.1, 0.15) is 0 Å². The largest absolute Gasteiger partial charge is 0.308 e. The van der Waals surface area contributed by atoms with Gasteiger partial charge in [-0.1, -0.05) is 42.5 Å². The summed E-state index contributed by atoms with van der Waals surface area (Å²) in [6.45, 7) is 4.18. The molecular formula is C27H18N2. The van der Waals surface area contributed by atoms with E-state index in [0.717, 1.165) is 16.7 Å². The lowest BCUT2D eigenvalue weighted by Gasteiger charge is -2.11. The molecule has 0 amide bonds. The van der Waals surface area contributed by atoms with Crippen molar-refractivity contribution in [2.45, 2.75) is 13.8 Å². The van der Waals surface area contributed by atoms with Crippen LogP contribution < -0.4 is 0 Å². The number of aromatic nitrogens is 1. The van der Waals surface area contributed by atoms with Gasteiger partial charge in [0.25, 0.3) is 0 Å². The molecule has 0 aliphatic carbocycles. The van der Waals surface area contributed by atoms with Crippen molar-refractivity contribution in [3.8, 4) is 17.2 Å². The summed E-state index contributed by atoms with van der Waals surface area (Å²) in [5.74, 6) is 0. The molecule has 0 spiro atoms. The van der Waals surface area contributed by atoms with Crippen molar-refractivity contribution in [3.05, 3.63) is 89.5 Å². The molecule has 6 rings (SSSR count). The Morgan fingerprint density at radius 1 is 0.690 bits per heavy atom. The van der Waals surface area contributed by atoms with E-state index in [0.29, 0.717) is 0 Å². The van der Waals surface area contributed by atoms with E-state index in [9.17, 15) is 5.26 Å². The second-order valence-electron chi connectivity index (χ2n) is 7.88. The number of aryl methyl sites for hydroxylation is 2. The van der Waals surface area contributed by atoms with Gasteiger partial charge in [0.15, 0.2) is 0 Å². The minimum absolute atomic E-state index is 0.720. The number of benzene rings is 4. The Hall–Kier alpha value is -3.83. The molecule has 2 nitrogen and oxygen atoms in total. The molecule has 0 fully saturated rings. The minimum atomic E-state index is 0.720. The first kappa shape index (κ1) is 16.2. The maximum absolute atomic E-state index is 9.27. The molecular weight excluding hydrogens is 352 g/mol. The van der Waals surface area contributed by atoms with E-state index in [4.69, 9.17) is 0 Å². The van der Waals surface area contributed by atoms with Crippen LogP contribution >= 0.6 is 0 Å². The second kappa shape index (κ2) is 5.59. The van der Waals surface area contributed by atoms with Crippen molar-refractivity contribution in [1.29, 1.82) is 5.26 Å². The van der Waals surface area contributed by atoms with E-state index in [-0.39, 0.29) is 0 Å². The lowest BCUT2D eigenvalue weighted by atomic mass is 9.93. The van der Waals surface area contributed by atoms with E-state index < -0.39 is 0 Å². The topological polar surface area (TPSA) is 28.2 Å². The zero-order chi connectivity index (χ0) is 19.7. The van der Waals surface area contributed by atoms with Crippen LogP contribution in [-0.2, 0) is 0 Å². The Morgan fingerprint density at radius 3 is 2.10 bits per heavy atom. The van der Waals surface area contributed by atoms with Gasteiger partial charge in [-0.25, -0.2) is 0 Å². The normalized spacial score (nSPS) is 11.8. The zero-order valence-electron chi connectivity index (χ0n) is 16.3. The zero-order valence-corrected chi connectivity index (χ0v) is 16.3. The summed E-state index contributed by atoms with van der Waals surface area (Å²) < 4.78 is 2.40. The summed E-state index contributed by atoms with van der Waals surface area (Å²) in [4.78, 5) is 0. The van der Waals surface area contributed by atoms with Gasteiger partial charge in [-0.3, -0.25) is 0 Å².